The fourth-order valence-corrected chi connectivity index (χ4v) is 1.28. The van der Waals surface area contributed by atoms with E-state index in [1.807, 2.05) is 18.2 Å². The summed E-state index contributed by atoms with van der Waals surface area (Å²) in [4.78, 5) is 14.7. The normalized spacial score (nSPS) is 9.75. The van der Waals surface area contributed by atoms with Crippen molar-refractivity contribution in [2.45, 2.75) is 0 Å². The summed E-state index contributed by atoms with van der Waals surface area (Å²) in [7, 11) is 0. The first-order chi connectivity index (χ1) is 7.75. The molecule has 0 aliphatic rings. The lowest BCUT2D eigenvalue weighted by Crippen LogP contribution is -1.97. The zero-order valence-electron chi connectivity index (χ0n) is 8.42. The van der Waals surface area contributed by atoms with Gasteiger partial charge in [-0.1, -0.05) is 6.07 Å². The van der Waals surface area contributed by atoms with Crippen molar-refractivity contribution in [3.8, 4) is 0 Å². The second-order valence-electron chi connectivity index (χ2n) is 3.22. The maximum Gasteiger partial charge on any atom is 0.335 e. The number of nitrogens with one attached hydrogen (secondary N) is 1. The molecule has 0 bridgehead atoms. The van der Waals surface area contributed by atoms with E-state index >= 15 is 0 Å². The van der Waals surface area contributed by atoms with E-state index in [0.29, 0.717) is 0 Å². The fraction of sp³-hybridized carbons (Fsp3) is 0. The Morgan fingerprint density at radius 3 is 2.44 bits per heavy atom. The molecule has 0 aliphatic carbocycles. The average molecular weight is 214 g/mol. The third-order valence-corrected chi connectivity index (χ3v) is 2.07. The van der Waals surface area contributed by atoms with Crippen molar-refractivity contribution in [2.75, 3.05) is 5.32 Å². The van der Waals surface area contributed by atoms with Crippen LogP contribution in [0, 0.1) is 0 Å². The summed E-state index contributed by atoms with van der Waals surface area (Å²) in [6.07, 6.45) is 1.69. The molecule has 0 atom stereocenters. The lowest BCUT2D eigenvalue weighted by molar-refractivity contribution is 0.0697. The third-order valence-electron chi connectivity index (χ3n) is 2.07. The molecule has 1 heterocycles. The van der Waals surface area contributed by atoms with Crippen molar-refractivity contribution in [3.05, 3.63) is 54.2 Å². The van der Waals surface area contributed by atoms with Crippen molar-refractivity contribution < 1.29 is 9.90 Å². The number of aromatic carboxylic acids is 1. The number of hydrogen-bond acceptors (Lipinski definition) is 3. The molecule has 2 N–H and O–H groups in total. The smallest absolute Gasteiger partial charge is 0.335 e. The van der Waals surface area contributed by atoms with E-state index in [9.17, 15) is 4.79 Å². The van der Waals surface area contributed by atoms with Gasteiger partial charge in [0.15, 0.2) is 0 Å². The predicted molar refractivity (Wildman–Crippen MR) is 60.9 cm³/mol. The van der Waals surface area contributed by atoms with Crippen LogP contribution in [0.15, 0.2) is 48.7 Å². The van der Waals surface area contributed by atoms with Crippen LogP contribution in [0.2, 0.25) is 0 Å². The molecule has 80 valence electrons. The van der Waals surface area contributed by atoms with Gasteiger partial charge in [-0.2, -0.15) is 0 Å². The second-order valence-corrected chi connectivity index (χ2v) is 3.22. The van der Waals surface area contributed by atoms with Gasteiger partial charge in [0.2, 0.25) is 0 Å². The fourth-order valence-electron chi connectivity index (χ4n) is 1.28. The standard InChI is InChI=1S/C12H10N2O2/c15-12(16)9-4-6-10(7-5-9)14-11-3-1-2-8-13-11/h1-8H,(H,13,14)(H,15,16). The highest BCUT2D eigenvalue weighted by atomic mass is 16.4. The molecule has 2 aromatic rings. The van der Waals surface area contributed by atoms with Crippen molar-refractivity contribution in [1.82, 2.24) is 4.98 Å². The van der Waals surface area contributed by atoms with Crippen LogP contribution in [0.1, 0.15) is 10.4 Å². The summed E-state index contributed by atoms with van der Waals surface area (Å²) in [6, 6.07) is 12.1. The number of benzene rings is 1. The number of nitrogens with zero attached hydrogens (tertiary/aromatic N) is 1. The quantitative estimate of drug-likeness (QED) is 0.824. The molecular formula is C12H10N2O2. The predicted octanol–water partition coefficient (Wildman–Crippen LogP) is 2.52. The molecule has 0 spiro atoms. The summed E-state index contributed by atoms with van der Waals surface area (Å²) in [5.74, 6) is -0.199. The highest BCUT2D eigenvalue weighted by Crippen LogP contribution is 2.14. The van der Waals surface area contributed by atoms with Crippen LogP contribution in [-0.4, -0.2) is 16.1 Å². The van der Waals surface area contributed by atoms with Crippen LogP contribution < -0.4 is 5.32 Å². The summed E-state index contributed by atoms with van der Waals surface area (Å²) in [6.45, 7) is 0. The molecule has 4 heteroatoms. The topological polar surface area (TPSA) is 62.2 Å². The van der Waals surface area contributed by atoms with Gasteiger partial charge in [-0.15, -0.1) is 0 Å². The number of carboxylic acid groups (broad SMARTS) is 1. The SMILES string of the molecule is O=C(O)c1ccc(Nc2ccccn2)cc1. The number of rotatable bonds is 3. The molecular weight excluding hydrogens is 204 g/mol. The number of carboxylic acids is 1. The Morgan fingerprint density at radius 2 is 1.88 bits per heavy atom. The highest BCUT2D eigenvalue weighted by Gasteiger charge is 2.01. The van der Waals surface area contributed by atoms with E-state index in [-0.39, 0.29) is 5.56 Å². The van der Waals surface area contributed by atoms with Gasteiger partial charge < -0.3 is 10.4 Å². The Kier molecular flexibility index (Phi) is 2.82. The molecule has 2 rings (SSSR count). The van der Waals surface area contributed by atoms with E-state index in [2.05, 4.69) is 10.3 Å². The minimum Gasteiger partial charge on any atom is -0.478 e. The molecule has 4 nitrogen and oxygen atoms in total. The largest absolute Gasteiger partial charge is 0.478 e. The van der Waals surface area contributed by atoms with Gasteiger partial charge in [0, 0.05) is 11.9 Å². The molecule has 0 radical (unpaired) electrons. The van der Waals surface area contributed by atoms with Crippen LogP contribution in [0.5, 0.6) is 0 Å². The second kappa shape index (κ2) is 4.44. The van der Waals surface area contributed by atoms with Gasteiger partial charge in [0.05, 0.1) is 5.56 Å². The van der Waals surface area contributed by atoms with E-state index in [0.717, 1.165) is 11.5 Å². The van der Waals surface area contributed by atoms with E-state index < -0.39 is 5.97 Å². The summed E-state index contributed by atoms with van der Waals surface area (Å²) in [5, 5.41) is 11.8. The van der Waals surface area contributed by atoms with Crippen LogP contribution in [0.25, 0.3) is 0 Å². The third kappa shape index (κ3) is 2.36. The molecule has 16 heavy (non-hydrogen) atoms. The molecule has 0 aliphatic heterocycles. The van der Waals surface area contributed by atoms with Crippen molar-refractivity contribution in [1.29, 1.82) is 0 Å². The zero-order chi connectivity index (χ0) is 11.4. The number of pyridine rings is 1. The lowest BCUT2D eigenvalue weighted by atomic mass is 10.2. The summed E-state index contributed by atoms with van der Waals surface area (Å²) >= 11 is 0. The van der Waals surface area contributed by atoms with Crippen LogP contribution >= 0.6 is 0 Å². The van der Waals surface area contributed by atoms with E-state index in [4.69, 9.17) is 5.11 Å². The number of carbonyl (C=O) groups is 1. The minimum absolute atomic E-state index is 0.270. The molecule has 0 fully saturated rings. The highest BCUT2D eigenvalue weighted by molar-refractivity contribution is 5.88. The lowest BCUT2D eigenvalue weighted by Gasteiger charge is -2.04. The van der Waals surface area contributed by atoms with Crippen LogP contribution in [0.3, 0.4) is 0 Å². The Hall–Kier alpha value is -2.36. The summed E-state index contributed by atoms with van der Waals surface area (Å²) in [5.41, 5.74) is 1.08. The van der Waals surface area contributed by atoms with Crippen molar-refractivity contribution >= 4 is 17.5 Å². The van der Waals surface area contributed by atoms with Gasteiger partial charge in [-0.05, 0) is 36.4 Å². The van der Waals surface area contributed by atoms with Crippen molar-refractivity contribution in [3.63, 3.8) is 0 Å². The van der Waals surface area contributed by atoms with Gasteiger partial charge >= 0.3 is 5.97 Å². The average Bonchev–Trinajstić information content (AvgIpc) is 2.31. The molecule has 0 saturated heterocycles. The van der Waals surface area contributed by atoms with Crippen LogP contribution in [0.4, 0.5) is 11.5 Å². The van der Waals surface area contributed by atoms with Gasteiger partial charge in [0.1, 0.15) is 5.82 Å². The first-order valence-corrected chi connectivity index (χ1v) is 4.77. The van der Waals surface area contributed by atoms with Gasteiger partial charge in [-0.3, -0.25) is 0 Å². The molecule has 1 aromatic heterocycles. The Bertz CT molecular complexity index is 480. The first-order valence-electron chi connectivity index (χ1n) is 4.77. The van der Waals surface area contributed by atoms with Gasteiger partial charge in [-0.25, -0.2) is 9.78 Å². The molecule has 1 aromatic carbocycles. The monoisotopic (exact) mass is 214 g/mol. The van der Waals surface area contributed by atoms with Crippen molar-refractivity contribution in [2.24, 2.45) is 0 Å². The minimum atomic E-state index is -0.926. The first kappa shape index (κ1) is 10.2. The summed E-state index contributed by atoms with van der Waals surface area (Å²) < 4.78 is 0. The van der Waals surface area contributed by atoms with Crippen LogP contribution in [-0.2, 0) is 0 Å². The Labute approximate surface area is 92.6 Å². The Balaban J connectivity index is 2.14. The molecule has 0 amide bonds. The van der Waals surface area contributed by atoms with Gasteiger partial charge in [0.25, 0.3) is 0 Å². The molecule has 0 saturated carbocycles. The van der Waals surface area contributed by atoms with E-state index in [1.165, 1.54) is 0 Å². The number of hydrogen-bond donors (Lipinski definition) is 2. The maximum absolute atomic E-state index is 10.6. The van der Waals surface area contributed by atoms with E-state index in [1.54, 1.807) is 30.5 Å². The number of aromatic nitrogens is 1. The zero-order valence-corrected chi connectivity index (χ0v) is 8.42. The maximum atomic E-state index is 10.6. The molecule has 0 unspecified atom stereocenters. The number of anilines is 2. The Morgan fingerprint density at radius 1 is 1.12 bits per heavy atom.